The van der Waals surface area contributed by atoms with Gasteiger partial charge in [-0.25, -0.2) is 0 Å². The molecule has 0 aliphatic carbocycles. The van der Waals surface area contributed by atoms with E-state index in [1.165, 1.54) is 0 Å². The van der Waals surface area contributed by atoms with Gasteiger partial charge < -0.3 is 11.1 Å². The maximum Gasteiger partial charge on any atom is 0.236 e. The van der Waals surface area contributed by atoms with Crippen molar-refractivity contribution in [1.29, 1.82) is 0 Å². The third-order valence-corrected chi connectivity index (χ3v) is 2.23. The highest BCUT2D eigenvalue weighted by atomic mass is 16.2. The first-order valence-electron chi connectivity index (χ1n) is 5.61. The normalized spacial score (nSPS) is 12.9. The molecule has 0 fully saturated rings. The number of carbonyl (C=O) groups is 1. The lowest BCUT2D eigenvalue weighted by Gasteiger charge is -2.12. The molecule has 0 aliphatic rings. The first-order valence-corrected chi connectivity index (χ1v) is 5.61. The van der Waals surface area contributed by atoms with E-state index in [4.69, 9.17) is 5.73 Å². The summed E-state index contributed by atoms with van der Waals surface area (Å²) in [6.07, 6.45) is 3.93. The molecule has 0 spiro atoms. The Morgan fingerprint density at radius 2 is 2.00 bits per heavy atom. The largest absolute Gasteiger partial charge is 0.355 e. The van der Waals surface area contributed by atoms with Crippen LogP contribution in [-0.2, 0) is 4.79 Å². The number of unbranched alkanes of at least 4 members (excludes halogenated alkanes) is 1. The van der Waals surface area contributed by atoms with Crippen LogP contribution in [0.3, 0.4) is 0 Å². The molecule has 0 saturated carbocycles. The van der Waals surface area contributed by atoms with Crippen LogP contribution in [-0.4, -0.2) is 18.5 Å². The van der Waals surface area contributed by atoms with E-state index in [0.29, 0.717) is 5.92 Å². The molecule has 1 amide bonds. The standard InChI is InChI=1S/C11H24N2O/c1-4-5-6-10(12)11(14)13-8-7-9(2)3/h9-10H,4-8,12H2,1-3H3,(H,13,14)/t10-/m0/s1. The second-order valence-electron chi connectivity index (χ2n) is 4.22. The summed E-state index contributed by atoms with van der Waals surface area (Å²) in [4.78, 5) is 11.4. The topological polar surface area (TPSA) is 55.1 Å². The lowest BCUT2D eigenvalue weighted by atomic mass is 10.1. The van der Waals surface area contributed by atoms with Crippen LogP contribution in [0.5, 0.6) is 0 Å². The van der Waals surface area contributed by atoms with E-state index in [9.17, 15) is 4.79 Å². The highest BCUT2D eigenvalue weighted by Gasteiger charge is 2.11. The van der Waals surface area contributed by atoms with E-state index >= 15 is 0 Å². The Bertz CT molecular complexity index is 157. The van der Waals surface area contributed by atoms with Crippen LogP contribution in [0.25, 0.3) is 0 Å². The molecule has 0 rings (SSSR count). The summed E-state index contributed by atoms with van der Waals surface area (Å²) in [7, 11) is 0. The first-order chi connectivity index (χ1) is 6.57. The number of carbonyl (C=O) groups excluding carboxylic acids is 1. The number of hydrogen-bond acceptors (Lipinski definition) is 2. The lowest BCUT2D eigenvalue weighted by Crippen LogP contribution is -2.41. The molecular weight excluding hydrogens is 176 g/mol. The van der Waals surface area contributed by atoms with Gasteiger partial charge in [0, 0.05) is 6.54 Å². The van der Waals surface area contributed by atoms with Crippen molar-refractivity contribution < 1.29 is 4.79 Å². The van der Waals surface area contributed by atoms with E-state index < -0.39 is 0 Å². The number of hydrogen-bond donors (Lipinski definition) is 2. The Hall–Kier alpha value is -0.570. The van der Waals surface area contributed by atoms with Gasteiger partial charge in [0.2, 0.25) is 5.91 Å². The average molecular weight is 200 g/mol. The zero-order chi connectivity index (χ0) is 11.0. The van der Waals surface area contributed by atoms with Crippen LogP contribution < -0.4 is 11.1 Å². The third kappa shape index (κ3) is 6.89. The van der Waals surface area contributed by atoms with E-state index in [1.807, 2.05) is 0 Å². The van der Waals surface area contributed by atoms with Gasteiger partial charge in [-0.3, -0.25) is 4.79 Å². The van der Waals surface area contributed by atoms with Gasteiger partial charge in [-0.1, -0.05) is 33.6 Å². The van der Waals surface area contributed by atoms with Crippen molar-refractivity contribution in [2.24, 2.45) is 11.7 Å². The molecule has 0 radical (unpaired) electrons. The van der Waals surface area contributed by atoms with Crippen molar-refractivity contribution >= 4 is 5.91 Å². The first kappa shape index (κ1) is 13.4. The fourth-order valence-electron chi connectivity index (χ4n) is 1.17. The maximum absolute atomic E-state index is 11.4. The highest BCUT2D eigenvalue weighted by Crippen LogP contribution is 1.99. The Labute approximate surface area is 87.4 Å². The molecule has 84 valence electrons. The molecule has 0 saturated heterocycles. The Kier molecular flexibility index (Phi) is 7.48. The van der Waals surface area contributed by atoms with Gasteiger partial charge in [-0.15, -0.1) is 0 Å². The van der Waals surface area contributed by atoms with Crippen LogP contribution in [0, 0.1) is 5.92 Å². The van der Waals surface area contributed by atoms with Crippen molar-refractivity contribution in [3.63, 3.8) is 0 Å². The minimum atomic E-state index is -0.317. The minimum Gasteiger partial charge on any atom is -0.355 e. The minimum absolute atomic E-state index is 0.000833. The van der Waals surface area contributed by atoms with Gasteiger partial charge in [-0.2, -0.15) is 0 Å². The quantitative estimate of drug-likeness (QED) is 0.657. The van der Waals surface area contributed by atoms with Crippen LogP contribution in [0.2, 0.25) is 0 Å². The summed E-state index contributed by atoms with van der Waals surface area (Å²) in [5.74, 6) is 0.626. The molecule has 0 bridgehead atoms. The van der Waals surface area contributed by atoms with Crippen LogP contribution in [0.15, 0.2) is 0 Å². The highest BCUT2D eigenvalue weighted by molar-refractivity contribution is 5.81. The molecule has 14 heavy (non-hydrogen) atoms. The summed E-state index contributed by atoms with van der Waals surface area (Å²) < 4.78 is 0. The Morgan fingerprint density at radius 1 is 1.36 bits per heavy atom. The molecular formula is C11H24N2O. The molecule has 0 unspecified atom stereocenters. The van der Waals surface area contributed by atoms with E-state index in [-0.39, 0.29) is 11.9 Å². The van der Waals surface area contributed by atoms with Crippen molar-refractivity contribution in [1.82, 2.24) is 5.32 Å². The van der Waals surface area contributed by atoms with Crippen LogP contribution in [0.1, 0.15) is 46.5 Å². The monoisotopic (exact) mass is 200 g/mol. The fraction of sp³-hybridized carbons (Fsp3) is 0.909. The van der Waals surface area contributed by atoms with E-state index in [2.05, 4.69) is 26.1 Å². The summed E-state index contributed by atoms with van der Waals surface area (Å²) in [5.41, 5.74) is 5.71. The zero-order valence-electron chi connectivity index (χ0n) is 9.68. The molecule has 0 aromatic rings. The lowest BCUT2D eigenvalue weighted by molar-refractivity contribution is -0.122. The van der Waals surface area contributed by atoms with E-state index in [1.54, 1.807) is 0 Å². The third-order valence-electron chi connectivity index (χ3n) is 2.23. The predicted molar refractivity (Wildman–Crippen MR) is 60.0 cm³/mol. The van der Waals surface area contributed by atoms with Crippen molar-refractivity contribution in [2.75, 3.05) is 6.54 Å². The molecule has 3 nitrogen and oxygen atoms in total. The molecule has 0 aromatic carbocycles. The second-order valence-corrected chi connectivity index (χ2v) is 4.22. The Morgan fingerprint density at radius 3 is 2.50 bits per heavy atom. The van der Waals surface area contributed by atoms with Gasteiger partial charge in [0.25, 0.3) is 0 Å². The van der Waals surface area contributed by atoms with Crippen molar-refractivity contribution in [3.8, 4) is 0 Å². The number of nitrogens with one attached hydrogen (secondary N) is 1. The van der Waals surface area contributed by atoms with Gasteiger partial charge in [0.1, 0.15) is 0 Å². The molecule has 0 heterocycles. The number of amides is 1. The molecule has 3 heteroatoms. The van der Waals surface area contributed by atoms with Gasteiger partial charge in [0.05, 0.1) is 6.04 Å². The summed E-state index contributed by atoms with van der Waals surface area (Å²) >= 11 is 0. The number of rotatable bonds is 7. The maximum atomic E-state index is 11.4. The summed E-state index contributed by atoms with van der Waals surface area (Å²) in [5, 5.41) is 2.86. The predicted octanol–water partition coefficient (Wildman–Crippen LogP) is 1.67. The summed E-state index contributed by atoms with van der Waals surface area (Å²) in [6, 6.07) is -0.317. The van der Waals surface area contributed by atoms with Crippen molar-refractivity contribution in [2.45, 2.75) is 52.5 Å². The molecule has 0 aliphatic heterocycles. The smallest absolute Gasteiger partial charge is 0.236 e. The average Bonchev–Trinajstić information content (AvgIpc) is 2.13. The van der Waals surface area contributed by atoms with Gasteiger partial charge in [0.15, 0.2) is 0 Å². The Balaban J connectivity index is 3.52. The van der Waals surface area contributed by atoms with E-state index in [0.717, 1.165) is 32.2 Å². The van der Waals surface area contributed by atoms with Crippen LogP contribution in [0.4, 0.5) is 0 Å². The van der Waals surface area contributed by atoms with Crippen molar-refractivity contribution in [3.05, 3.63) is 0 Å². The van der Waals surface area contributed by atoms with Crippen LogP contribution >= 0.6 is 0 Å². The van der Waals surface area contributed by atoms with Gasteiger partial charge in [-0.05, 0) is 18.8 Å². The zero-order valence-corrected chi connectivity index (χ0v) is 9.68. The molecule has 0 aromatic heterocycles. The number of nitrogens with two attached hydrogens (primary N) is 1. The molecule has 1 atom stereocenters. The fourth-order valence-corrected chi connectivity index (χ4v) is 1.17. The molecule has 3 N–H and O–H groups in total. The van der Waals surface area contributed by atoms with Gasteiger partial charge >= 0.3 is 0 Å². The second kappa shape index (κ2) is 7.80. The summed E-state index contributed by atoms with van der Waals surface area (Å²) in [6.45, 7) is 7.13. The SMILES string of the molecule is CCCC[C@H](N)C(=O)NCCC(C)C.